The number of ketones is 1. The highest BCUT2D eigenvalue weighted by molar-refractivity contribution is 5.95. The first kappa shape index (κ1) is 13.0. The molecule has 0 fully saturated rings. The van der Waals surface area contributed by atoms with Crippen molar-refractivity contribution in [3.63, 3.8) is 0 Å². The number of aliphatic carboxylic acids is 1. The monoisotopic (exact) mass is 238 g/mol. The van der Waals surface area contributed by atoms with Gasteiger partial charge in [0.05, 0.1) is 7.11 Å². The lowest BCUT2D eigenvalue weighted by Crippen LogP contribution is -2.15. The molecular weight excluding hydrogens is 224 g/mol. The van der Waals surface area contributed by atoms with Crippen molar-refractivity contribution >= 4 is 11.8 Å². The van der Waals surface area contributed by atoms with Crippen LogP contribution in [0.15, 0.2) is 18.2 Å². The molecule has 0 radical (unpaired) electrons. The number of Topliss-reactive ketones (excluding diaryl/α,β-unsaturated/α-hetero) is 1. The second-order valence-corrected chi connectivity index (χ2v) is 3.58. The van der Waals surface area contributed by atoms with Crippen LogP contribution >= 0.6 is 0 Å². The topological polar surface area (TPSA) is 72.8 Å². The van der Waals surface area contributed by atoms with E-state index in [1.165, 1.54) is 7.11 Å². The molecule has 0 aromatic heterocycles. The minimum absolute atomic E-state index is 0.251. The molecule has 5 nitrogen and oxygen atoms in total. The molecule has 0 atom stereocenters. The second-order valence-electron chi connectivity index (χ2n) is 3.58. The Bertz CT molecular complexity index is 425. The smallest absolute Gasteiger partial charge is 0.311 e. The van der Waals surface area contributed by atoms with Gasteiger partial charge in [-0.2, -0.15) is 0 Å². The summed E-state index contributed by atoms with van der Waals surface area (Å²) in [6.07, 6.45) is -0.525. The third kappa shape index (κ3) is 4.55. The third-order valence-electron chi connectivity index (χ3n) is 2.01. The van der Waals surface area contributed by atoms with E-state index >= 15 is 0 Å². The van der Waals surface area contributed by atoms with Gasteiger partial charge in [0.1, 0.15) is 24.5 Å². The maximum atomic E-state index is 11.1. The minimum atomic E-state index is -1.15. The van der Waals surface area contributed by atoms with Crippen molar-refractivity contribution in [2.45, 2.75) is 13.3 Å². The fourth-order valence-corrected chi connectivity index (χ4v) is 1.30. The lowest BCUT2D eigenvalue weighted by atomic mass is 10.2. The number of aryl methyl sites for hydroxylation is 1. The van der Waals surface area contributed by atoms with E-state index in [-0.39, 0.29) is 6.61 Å². The average Bonchev–Trinajstić information content (AvgIpc) is 2.24. The van der Waals surface area contributed by atoms with Crippen molar-refractivity contribution < 1.29 is 24.2 Å². The quantitative estimate of drug-likeness (QED) is 0.759. The van der Waals surface area contributed by atoms with Crippen LogP contribution in [0.25, 0.3) is 0 Å². The Morgan fingerprint density at radius 3 is 2.47 bits per heavy atom. The number of carboxylic acids is 1. The molecule has 0 aliphatic heterocycles. The number of hydrogen-bond donors (Lipinski definition) is 1. The van der Waals surface area contributed by atoms with Crippen LogP contribution < -0.4 is 9.47 Å². The van der Waals surface area contributed by atoms with Crippen molar-refractivity contribution in [2.75, 3.05) is 13.7 Å². The molecule has 5 heteroatoms. The zero-order valence-electron chi connectivity index (χ0n) is 9.73. The Balaban J connectivity index is 2.60. The predicted octanol–water partition coefficient (Wildman–Crippen LogP) is 1.43. The first-order chi connectivity index (χ1) is 8.01. The van der Waals surface area contributed by atoms with Crippen LogP contribution in [0.1, 0.15) is 12.0 Å². The summed E-state index contributed by atoms with van der Waals surface area (Å²) < 4.78 is 10.2. The molecule has 0 spiro atoms. The molecule has 0 saturated carbocycles. The largest absolute Gasteiger partial charge is 0.497 e. The number of methoxy groups -OCH3 is 1. The van der Waals surface area contributed by atoms with Crippen molar-refractivity contribution in [3.8, 4) is 11.5 Å². The second kappa shape index (κ2) is 5.89. The van der Waals surface area contributed by atoms with Crippen LogP contribution in [0.3, 0.4) is 0 Å². The summed E-state index contributed by atoms with van der Waals surface area (Å²) >= 11 is 0. The zero-order chi connectivity index (χ0) is 12.8. The highest BCUT2D eigenvalue weighted by Gasteiger charge is 2.09. The van der Waals surface area contributed by atoms with Crippen LogP contribution in [0.5, 0.6) is 11.5 Å². The molecule has 17 heavy (non-hydrogen) atoms. The standard InChI is InChI=1S/C12H14O5/c1-8-3-10(16-2)6-11(4-8)17-7-9(13)5-12(14)15/h3-4,6H,5,7H2,1-2H3,(H,14,15). The predicted molar refractivity (Wildman–Crippen MR) is 60.5 cm³/mol. The Morgan fingerprint density at radius 1 is 1.24 bits per heavy atom. The fourth-order valence-electron chi connectivity index (χ4n) is 1.30. The van der Waals surface area contributed by atoms with Gasteiger partial charge in [0, 0.05) is 6.07 Å². The molecule has 0 saturated heterocycles. The molecule has 0 unspecified atom stereocenters. The van der Waals surface area contributed by atoms with Gasteiger partial charge >= 0.3 is 5.97 Å². The van der Waals surface area contributed by atoms with Crippen molar-refractivity contribution in [1.29, 1.82) is 0 Å². The van der Waals surface area contributed by atoms with E-state index in [4.69, 9.17) is 14.6 Å². The summed E-state index contributed by atoms with van der Waals surface area (Å²) in [5.74, 6) is -0.510. The molecule has 0 bridgehead atoms. The summed E-state index contributed by atoms with van der Waals surface area (Å²) in [4.78, 5) is 21.4. The molecule has 1 rings (SSSR count). The summed E-state index contributed by atoms with van der Waals surface area (Å²) in [7, 11) is 1.54. The van der Waals surface area contributed by atoms with Gasteiger partial charge in [-0.25, -0.2) is 0 Å². The van der Waals surface area contributed by atoms with E-state index in [1.54, 1.807) is 12.1 Å². The number of carbonyl (C=O) groups is 2. The Kier molecular flexibility index (Phi) is 4.51. The normalized spacial score (nSPS) is 9.76. The van der Waals surface area contributed by atoms with Gasteiger partial charge in [-0.05, 0) is 24.6 Å². The molecule has 1 aromatic rings. The summed E-state index contributed by atoms with van der Waals surface area (Å²) in [5.41, 5.74) is 0.935. The summed E-state index contributed by atoms with van der Waals surface area (Å²) in [6.45, 7) is 1.62. The number of carboxylic acid groups (broad SMARTS) is 1. The number of hydrogen-bond acceptors (Lipinski definition) is 4. The number of ether oxygens (including phenoxy) is 2. The van der Waals surface area contributed by atoms with E-state index in [0.29, 0.717) is 11.5 Å². The van der Waals surface area contributed by atoms with Crippen molar-refractivity contribution in [2.24, 2.45) is 0 Å². The molecule has 1 aromatic carbocycles. The van der Waals surface area contributed by atoms with E-state index in [1.807, 2.05) is 13.0 Å². The van der Waals surface area contributed by atoms with Crippen LogP contribution in [0, 0.1) is 6.92 Å². The van der Waals surface area contributed by atoms with Gasteiger partial charge in [0.25, 0.3) is 0 Å². The van der Waals surface area contributed by atoms with Gasteiger partial charge in [0.2, 0.25) is 0 Å². The highest BCUT2D eigenvalue weighted by Crippen LogP contribution is 2.22. The Morgan fingerprint density at radius 2 is 1.88 bits per heavy atom. The fraction of sp³-hybridized carbons (Fsp3) is 0.333. The number of benzene rings is 1. The van der Waals surface area contributed by atoms with E-state index in [9.17, 15) is 9.59 Å². The molecule has 0 aliphatic carbocycles. The van der Waals surface area contributed by atoms with Crippen LogP contribution in [0.2, 0.25) is 0 Å². The molecule has 0 amide bonds. The molecule has 0 heterocycles. The van der Waals surface area contributed by atoms with Crippen molar-refractivity contribution in [1.82, 2.24) is 0 Å². The van der Waals surface area contributed by atoms with Gasteiger partial charge in [-0.15, -0.1) is 0 Å². The molecular formula is C12H14O5. The van der Waals surface area contributed by atoms with Crippen LogP contribution in [-0.2, 0) is 9.59 Å². The van der Waals surface area contributed by atoms with E-state index in [2.05, 4.69) is 0 Å². The Labute approximate surface area is 99.0 Å². The summed E-state index contributed by atoms with van der Waals surface area (Å²) in [5, 5.41) is 8.41. The van der Waals surface area contributed by atoms with Gasteiger partial charge in [-0.3, -0.25) is 9.59 Å². The number of carbonyl (C=O) groups excluding carboxylic acids is 1. The maximum absolute atomic E-state index is 11.1. The minimum Gasteiger partial charge on any atom is -0.497 e. The first-order valence-corrected chi connectivity index (χ1v) is 5.03. The zero-order valence-corrected chi connectivity index (χ0v) is 9.73. The lowest BCUT2D eigenvalue weighted by Gasteiger charge is -2.08. The van der Waals surface area contributed by atoms with Gasteiger partial charge in [-0.1, -0.05) is 0 Å². The van der Waals surface area contributed by atoms with Crippen LogP contribution in [0.4, 0.5) is 0 Å². The average molecular weight is 238 g/mol. The third-order valence-corrected chi connectivity index (χ3v) is 2.01. The first-order valence-electron chi connectivity index (χ1n) is 5.03. The number of rotatable bonds is 6. The Hall–Kier alpha value is -2.04. The summed E-state index contributed by atoms with van der Waals surface area (Å²) in [6, 6.07) is 5.21. The van der Waals surface area contributed by atoms with E-state index < -0.39 is 18.2 Å². The highest BCUT2D eigenvalue weighted by atomic mass is 16.5. The van der Waals surface area contributed by atoms with Crippen molar-refractivity contribution in [3.05, 3.63) is 23.8 Å². The maximum Gasteiger partial charge on any atom is 0.311 e. The SMILES string of the molecule is COc1cc(C)cc(OCC(=O)CC(=O)O)c1. The molecule has 1 N–H and O–H groups in total. The molecule has 0 aliphatic rings. The van der Waals surface area contributed by atoms with E-state index in [0.717, 1.165) is 5.56 Å². The van der Waals surface area contributed by atoms with Gasteiger partial charge in [0.15, 0.2) is 5.78 Å². The van der Waals surface area contributed by atoms with Gasteiger partial charge < -0.3 is 14.6 Å². The molecule has 92 valence electrons. The van der Waals surface area contributed by atoms with Crippen LogP contribution in [-0.4, -0.2) is 30.6 Å². The lowest BCUT2D eigenvalue weighted by molar-refractivity contribution is -0.140.